The van der Waals surface area contributed by atoms with E-state index in [-0.39, 0.29) is 0 Å². The highest BCUT2D eigenvalue weighted by Gasteiger charge is 2.13. The first-order chi connectivity index (χ1) is 12.9. The molecule has 6 rings (SSSR count). The SMILES string of the molecule is c1ccc2c(c1)oc1nc(-c3cnc4c(c3)oc3ncccc34)cnc12. The Morgan fingerprint density at radius 1 is 0.692 bits per heavy atom. The average molecular weight is 338 g/mol. The van der Waals surface area contributed by atoms with Crippen LogP contribution < -0.4 is 0 Å². The van der Waals surface area contributed by atoms with Crippen molar-refractivity contribution < 1.29 is 8.83 Å². The molecule has 6 nitrogen and oxygen atoms in total. The summed E-state index contributed by atoms with van der Waals surface area (Å²) in [5.74, 6) is 0. The number of pyridine rings is 2. The molecule has 0 fully saturated rings. The van der Waals surface area contributed by atoms with Crippen LogP contribution in [0.2, 0.25) is 0 Å². The van der Waals surface area contributed by atoms with Crippen LogP contribution >= 0.6 is 0 Å². The van der Waals surface area contributed by atoms with E-state index in [0.29, 0.717) is 22.7 Å². The minimum absolute atomic E-state index is 0.509. The first-order valence-corrected chi connectivity index (χ1v) is 8.15. The summed E-state index contributed by atoms with van der Waals surface area (Å²) >= 11 is 0. The number of furan rings is 2. The van der Waals surface area contributed by atoms with Crippen molar-refractivity contribution in [3.8, 4) is 11.3 Å². The molecule has 0 radical (unpaired) electrons. The predicted molar refractivity (Wildman–Crippen MR) is 97.6 cm³/mol. The summed E-state index contributed by atoms with van der Waals surface area (Å²) in [7, 11) is 0. The molecular weight excluding hydrogens is 328 g/mol. The van der Waals surface area contributed by atoms with E-state index in [2.05, 4.69) is 19.9 Å². The summed E-state index contributed by atoms with van der Waals surface area (Å²) in [6, 6.07) is 13.5. The molecule has 5 aromatic heterocycles. The van der Waals surface area contributed by atoms with Crippen LogP contribution in [-0.2, 0) is 0 Å². The van der Waals surface area contributed by atoms with Gasteiger partial charge in [0.1, 0.15) is 16.6 Å². The summed E-state index contributed by atoms with van der Waals surface area (Å²) in [5.41, 5.74) is 5.56. The fourth-order valence-corrected chi connectivity index (χ4v) is 3.24. The van der Waals surface area contributed by atoms with Gasteiger partial charge in [-0.25, -0.2) is 15.0 Å². The Morgan fingerprint density at radius 3 is 2.54 bits per heavy atom. The molecule has 0 N–H and O–H groups in total. The lowest BCUT2D eigenvalue weighted by Gasteiger charge is -1.99. The van der Waals surface area contributed by atoms with Gasteiger partial charge in [-0.2, -0.15) is 0 Å². The third-order valence-electron chi connectivity index (χ3n) is 4.47. The van der Waals surface area contributed by atoms with Crippen LogP contribution in [0.4, 0.5) is 0 Å². The van der Waals surface area contributed by atoms with Gasteiger partial charge in [0.15, 0.2) is 5.58 Å². The molecule has 0 saturated heterocycles. The van der Waals surface area contributed by atoms with Gasteiger partial charge in [0.2, 0.25) is 11.4 Å². The normalized spacial score (nSPS) is 11.8. The molecule has 6 aromatic rings. The van der Waals surface area contributed by atoms with E-state index in [1.165, 1.54) is 0 Å². The van der Waals surface area contributed by atoms with E-state index < -0.39 is 0 Å². The second-order valence-corrected chi connectivity index (χ2v) is 6.04. The van der Waals surface area contributed by atoms with Gasteiger partial charge in [-0.1, -0.05) is 12.1 Å². The van der Waals surface area contributed by atoms with E-state index in [9.17, 15) is 0 Å². The Morgan fingerprint density at radius 2 is 1.54 bits per heavy atom. The van der Waals surface area contributed by atoms with E-state index in [1.807, 2.05) is 42.5 Å². The number of fused-ring (bicyclic) bond motifs is 6. The first-order valence-electron chi connectivity index (χ1n) is 8.15. The molecule has 0 aliphatic rings. The van der Waals surface area contributed by atoms with Crippen LogP contribution in [0.5, 0.6) is 0 Å². The monoisotopic (exact) mass is 338 g/mol. The van der Waals surface area contributed by atoms with Gasteiger partial charge in [-0.15, -0.1) is 0 Å². The molecule has 0 aliphatic carbocycles. The van der Waals surface area contributed by atoms with Gasteiger partial charge >= 0.3 is 0 Å². The molecule has 1 aromatic carbocycles. The van der Waals surface area contributed by atoms with Crippen molar-refractivity contribution in [2.45, 2.75) is 0 Å². The Bertz CT molecular complexity index is 1340. The second kappa shape index (κ2) is 4.86. The minimum Gasteiger partial charge on any atom is -0.436 e. The molecular formula is C20H10N4O2. The van der Waals surface area contributed by atoms with Crippen LogP contribution in [0.25, 0.3) is 55.7 Å². The van der Waals surface area contributed by atoms with Gasteiger partial charge in [0.25, 0.3) is 0 Å². The summed E-state index contributed by atoms with van der Waals surface area (Å²) in [4.78, 5) is 17.9. The quantitative estimate of drug-likeness (QED) is 0.431. The maximum atomic E-state index is 5.82. The van der Waals surface area contributed by atoms with Crippen molar-refractivity contribution in [2.75, 3.05) is 0 Å². The Kier molecular flexibility index (Phi) is 2.52. The Labute approximate surface area is 146 Å². The lowest BCUT2D eigenvalue weighted by molar-refractivity contribution is 0.652. The zero-order chi connectivity index (χ0) is 17.1. The number of benzene rings is 1. The van der Waals surface area contributed by atoms with Crippen LogP contribution in [-0.4, -0.2) is 19.9 Å². The summed E-state index contributed by atoms with van der Waals surface area (Å²) in [6.45, 7) is 0. The summed E-state index contributed by atoms with van der Waals surface area (Å²) in [5, 5.41) is 1.85. The van der Waals surface area contributed by atoms with Crippen LogP contribution in [0, 0.1) is 0 Å². The molecule has 26 heavy (non-hydrogen) atoms. The van der Waals surface area contributed by atoms with E-state index >= 15 is 0 Å². The largest absolute Gasteiger partial charge is 0.436 e. The number of rotatable bonds is 1. The highest BCUT2D eigenvalue weighted by molar-refractivity contribution is 6.02. The summed E-state index contributed by atoms with van der Waals surface area (Å²) < 4.78 is 11.6. The second-order valence-electron chi connectivity index (χ2n) is 6.04. The van der Waals surface area contributed by atoms with Crippen LogP contribution in [0.1, 0.15) is 0 Å². The van der Waals surface area contributed by atoms with Crippen LogP contribution in [0.3, 0.4) is 0 Å². The molecule has 0 unspecified atom stereocenters. The predicted octanol–water partition coefficient (Wildman–Crippen LogP) is 4.73. The van der Waals surface area contributed by atoms with E-state index in [4.69, 9.17) is 8.83 Å². The molecule has 0 saturated carbocycles. The van der Waals surface area contributed by atoms with Gasteiger partial charge in [0, 0.05) is 23.3 Å². The van der Waals surface area contributed by atoms with Crippen molar-refractivity contribution in [1.82, 2.24) is 19.9 Å². The minimum atomic E-state index is 0.509. The van der Waals surface area contributed by atoms with Gasteiger partial charge in [0.05, 0.1) is 17.3 Å². The van der Waals surface area contributed by atoms with Crippen molar-refractivity contribution in [3.05, 3.63) is 61.1 Å². The molecule has 5 heterocycles. The smallest absolute Gasteiger partial charge is 0.246 e. The third-order valence-corrected chi connectivity index (χ3v) is 4.47. The van der Waals surface area contributed by atoms with Crippen molar-refractivity contribution in [3.63, 3.8) is 0 Å². The number of hydrogen-bond donors (Lipinski definition) is 0. The van der Waals surface area contributed by atoms with E-state index in [1.54, 1.807) is 18.6 Å². The molecule has 0 aliphatic heterocycles. The fourth-order valence-electron chi connectivity index (χ4n) is 3.24. The van der Waals surface area contributed by atoms with Gasteiger partial charge in [-0.05, 0) is 30.3 Å². The number of hydrogen-bond acceptors (Lipinski definition) is 6. The number of para-hydroxylation sites is 1. The Balaban J connectivity index is 1.57. The molecule has 0 bridgehead atoms. The lowest BCUT2D eigenvalue weighted by Crippen LogP contribution is -1.87. The standard InChI is InChI=1S/C20H10N4O2/c1-2-6-15-12(4-1)18-20(25-15)24-14(10-23-18)11-8-16-17(22-9-11)13-5-3-7-21-19(13)26-16/h1-10H. The maximum Gasteiger partial charge on any atom is 0.246 e. The molecule has 0 spiro atoms. The fraction of sp³-hybridized carbons (Fsp3) is 0. The third kappa shape index (κ3) is 1.81. The molecule has 122 valence electrons. The average Bonchev–Trinajstić information content (AvgIpc) is 3.24. The molecule has 0 amide bonds. The van der Waals surface area contributed by atoms with Crippen molar-refractivity contribution >= 4 is 44.4 Å². The van der Waals surface area contributed by atoms with E-state index in [0.717, 1.165) is 33.0 Å². The van der Waals surface area contributed by atoms with Crippen molar-refractivity contribution in [2.24, 2.45) is 0 Å². The molecule has 6 heteroatoms. The zero-order valence-electron chi connectivity index (χ0n) is 13.4. The highest BCUT2D eigenvalue weighted by atomic mass is 16.3. The first kappa shape index (κ1) is 13.5. The Hall–Kier alpha value is -3.80. The zero-order valence-corrected chi connectivity index (χ0v) is 13.4. The lowest BCUT2D eigenvalue weighted by atomic mass is 10.2. The van der Waals surface area contributed by atoms with Crippen LogP contribution in [0.15, 0.2) is 69.9 Å². The highest BCUT2D eigenvalue weighted by Crippen LogP contribution is 2.30. The topological polar surface area (TPSA) is 77.8 Å². The number of aromatic nitrogens is 4. The van der Waals surface area contributed by atoms with Gasteiger partial charge in [-0.3, -0.25) is 4.98 Å². The maximum absolute atomic E-state index is 5.82. The number of nitrogens with zero attached hydrogens (tertiary/aromatic N) is 4. The van der Waals surface area contributed by atoms with Gasteiger partial charge < -0.3 is 8.83 Å². The molecule has 0 atom stereocenters. The van der Waals surface area contributed by atoms with Crippen molar-refractivity contribution in [1.29, 1.82) is 0 Å². The summed E-state index contributed by atoms with van der Waals surface area (Å²) in [6.07, 6.45) is 5.20.